The number of rotatable bonds is 6. The number of ether oxygens (including phenoxy) is 2. The molecule has 9 heteroatoms. The highest BCUT2D eigenvalue weighted by Crippen LogP contribution is 2.41. The van der Waals surface area contributed by atoms with Gasteiger partial charge in [-0.15, -0.1) is 11.8 Å². The average Bonchev–Trinajstić information content (AvgIpc) is 2.79. The quantitative estimate of drug-likeness (QED) is 0.299. The lowest BCUT2D eigenvalue weighted by Gasteiger charge is -2.21. The fraction of sp³-hybridized carbons (Fsp3) is 0.136. The van der Waals surface area contributed by atoms with Gasteiger partial charge in [0.25, 0.3) is 5.69 Å². The van der Waals surface area contributed by atoms with Crippen LogP contribution in [-0.2, 0) is 4.79 Å². The molecule has 1 aliphatic heterocycles. The summed E-state index contributed by atoms with van der Waals surface area (Å²) in [5.74, 6) is 0.990. The predicted molar refractivity (Wildman–Crippen MR) is 119 cm³/mol. The Morgan fingerprint density at radius 3 is 2.52 bits per heavy atom. The van der Waals surface area contributed by atoms with Gasteiger partial charge in [-0.2, -0.15) is 0 Å². The second-order valence-electron chi connectivity index (χ2n) is 6.63. The van der Waals surface area contributed by atoms with Crippen molar-refractivity contribution in [3.8, 4) is 11.5 Å². The van der Waals surface area contributed by atoms with Gasteiger partial charge in [-0.1, -0.05) is 41.9 Å². The molecule has 31 heavy (non-hydrogen) atoms. The van der Waals surface area contributed by atoms with E-state index >= 15 is 0 Å². The number of nitrogens with zero attached hydrogens (tertiary/aromatic N) is 1. The number of nitro groups is 1. The molecular weight excluding hydrogens is 440 g/mol. The highest BCUT2D eigenvalue weighted by molar-refractivity contribution is 8.00. The molecule has 0 aliphatic carbocycles. The van der Waals surface area contributed by atoms with Gasteiger partial charge in [-0.05, 0) is 35.9 Å². The summed E-state index contributed by atoms with van der Waals surface area (Å²) >= 11 is 7.22. The minimum Gasteiger partial charge on any atom is -0.486 e. The lowest BCUT2D eigenvalue weighted by molar-refractivity contribution is -0.384. The van der Waals surface area contributed by atoms with Crippen molar-refractivity contribution in [3.63, 3.8) is 0 Å². The SMILES string of the molecule is O=C(Nc1ccc(Cl)c([N+](=O)[O-])c1)[C@@H](Sc1ccc2c(c1)OCCO2)c1ccccc1. The number of halogens is 1. The number of nitrogens with one attached hydrogen (secondary N) is 1. The van der Waals surface area contributed by atoms with Crippen molar-refractivity contribution >= 4 is 40.6 Å². The van der Waals surface area contributed by atoms with E-state index < -0.39 is 10.2 Å². The number of nitro benzene ring substituents is 1. The van der Waals surface area contributed by atoms with Crippen molar-refractivity contribution in [2.24, 2.45) is 0 Å². The van der Waals surface area contributed by atoms with Crippen LogP contribution in [0.4, 0.5) is 11.4 Å². The number of carbonyl (C=O) groups excluding carboxylic acids is 1. The molecule has 0 unspecified atom stereocenters. The van der Waals surface area contributed by atoms with Gasteiger partial charge in [0.1, 0.15) is 23.5 Å². The van der Waals surface area contributed by atoms with Gasteiger partial charge in [0.05, 0.1) is 4.92 Å². The molecule has 1 N–H and O–H groups in total. The smallest absolute Gasteiger partial charge is 0.289 e. The molecule has 1 aliphatic rings. The Morgan fingerprint density at radius 1 is 1.03 bits per heavy atom. The maximum absolute atomic E-state index is 13.2. The number of hydrogen-bond acceptors (Lipinski definition) is 6. The average molecular weight is 457 g/mol. The van der Waals surface area contributed by atoms with E-state index in [9.17, 15) is 14.9 Å². The first kappa shape index (κ1) is 21.0. The first-order valence-electron chi connectivity index (χ1n) is 9.37. The standard InChI is InChI=1S/C22H17ClN2O5S/c23-17-8-6-15(12-18(17)25(27)28)24-22(26)21(14-4-2-1-3-5-14)31-16-7-9-19-20(13-16)30-11-10-29-19/h1-9,12-13,21H,10-11H2,(H,24,26)/t21-/m0/s1. The van der Waals surface area contributed by atoms with Crippen LogP contribution in [0.2, 0.25) is 5.02 Å². The van der Waals surface area contributed by atoms with E-state index in [-0.39, 0.29) is 16.6 Å². The molecule has 1 heterocycles. The van der Waals surface area contributed by atoms with Crippen LogP contribution in [0.1, 0.15) is 10.8 Å². The molecule has 4 rings (SSSR count). The molecule has 7 nitrogen and oxygen atoms in total. The van der Waals surface area contributed by atoms with Crippen molar-refractivity contribution in [2.75, 3.05) is 18.5 Å². The number of benzene rings is 3. The van der Waals surface area contributed by atoms with Crippen LogP contribution in [0, 0.1) is 10.1 Å². The van der Waals surface area contributed by atoms with E-state index in [1.54, 1.807) is 0 Å². The molecule has 3 aromatic rings. The number of thioether (sulfide) groups is 1. The van der Waals surface area contributed by atoms with Crippen LogP contribution in [0.25, 0.3) is 0 Å². The maximum Gasteiger partial charge on any atom is 0.289 e. The summed E-state index contributed by atoms with van der Waals surface area (Å²) in [6.45, 7) is 0.973. The van der Waals surface area contributed by atoms with Crippen molar-refractivity contribution < 1.29 is 19.2 Å². The van der Waals surface area contributed by atoms with E-state index in [0.29, 0.717) is 30.4 Å². The Balaban J connectivity index is 1.60. The van der Waals surface area contributed by atoms with Crippen LogP contribution in [-0.4, -0.2) is 24.0 Å². The molecule has 0 fully saturated rings. The Kier molecular flexibility index (Phi) is 6.29. The van der Waals surface area contributed by atoms with Crippen LogP contribution >= 0.6 is 23.4 Å². The summed E-state index contributed by atoms with van der Waals surface area (Å²) in [5, 5.41) is 13.3. The topological polar surface area (TPSA) is 90.7 Å². The summed E-state index contributed by atoms with van der Waals surface area (Å²) in [6, 6.07) is 19.0. The molecule has 0 aromatic heterocycles. The molecule has 3 aromatic carbocycles. The first-order valence-corrected chi connectivity index (χ1v) is 10.6. The highest BCUT2D eigenvalue weighted by Gasteiger charge is 2.24. The van der Waals surface area contributed by atoms with Crippen molar-refractivity contribution in [2.45, 2.75) is 10.1 Å². The van der Waals surface area contributed by atoms with Gasteiger partial charge in [0.15, 0.2) is 11.5 Å². The third kappa shape index (κ3) is 4.92. The highest BCUT2D eigenvalue weighted by atomic mass is 35.5. The van der Waals surface area contributed by atoms with Gasteiger partial charge in [0.2, 0.25) is 5.91 Å². The molecular formula is C22H17ClN2O5S. The second kappa shape index (κ2) is 9.28. The number of anilines is 1. The first-order chi connectivity index (χ1) is 15.0. The molecule has 0 saturated heterocycles. The molecule has 1 amide bonds. The summed E-state index contributed by atoms with van der Waals surface area (Å²) in [7, 11) is 0. The summed E-state index contributed by atoms with van der Waals surface area (Å²) in [6.07, 6.45) is 0. The van der Waals surface area contributed by atoms with Crippen LogP contribution < -0.4 is 14.8 Å². The van der Waals surface area contributed by atoms with Gasteiger partial charge >= 0.3 is 0 Å². The van der Waals surface area contributed by atoms with Crippen LogP contribution in [0.3, 0.4) is 0 Å². The minimum absolute atomic E-state index is 0.00765. The van der Waals surface area contributed by atoms with Crippen LogP contribution in [0.15, 0.2) is 71.6 Å². The third-order valence-electron chi connectivity index (χ3n) is 4.52. The van der Waals surface area contributed by atoms with Crippen molar-refractivity contribution in [1.29, 1.82) is 0 Å². The third-order valence-corrected chi connectivity index (χ3v) is 6.09. The largest absolute Gasteiger partial charge is 0.486 e. The Morgan fingerprint density at radius 2 is 1.77 bits per heavy atom. The second-order valence-corrected chi connectivity index (χ2v) is 8.21. The Bertz CT molecular complexity index is 1130. The lowest BCUT2D eigenvalue weighted by atomic mass is 10.1. The van der Waals surface area contributed by atoms with E-state index in [4.69, 9.17) is 21.1 Å². The van der Waals surface area contributed by atoms with Gasteiger partial charge < -0.3 is 14.8 Å². The Hall–Kier alpha value is -3.23. The maximum atomic E-state index is 13.2. The van der Waals surface area contributed by atoms with Gasteiger partial charge in [0, 0.05) is 16.6 Å². The fourth-order valence-electron chi connectivity index (χ4n) is 3.07. The normalized spacial score (nSPS) is 13.3. The molecule has 158 valence electrons. The summed E-state index contributed by atoms with van der Waals surface area (Å²) in [4.78, 5) is 24.6. The van der Waals surface area contributed by atoms with E-state index in [2.05, 4.69) is 5.32 Å². The summed E-state index contributed by atoms with van der Waals surface area (Å²) in [5.41, 5.74) is 0.823. The lowest BCUT2D eigenvalue weighted by Crippen LogP contribution is -2.19. The van der Waals surface area contributed by atoms with Crippen molar-refractivity contribution in [3.05, 3.63) is 87.4 Å². The number of carbonyl (C=O) groups is 1. The van der Waals surface area contributed by atoms with E-state index in [0.717, 1.165) is 10.5 Å². The zero-order valence-electron chi connectivity index (χ0n) is 16.1. The van der Waals surface area contributed by atoms with Crippen molar-refractivity contribution in [1.82, 2.24) is 0 Å². The molecule has 0 saturated carbocycles. The zero-order valence-corrected chi connectivity index (χ0v) is 17.7. The number of hydrogen-bond donors (Lipinski definition) is 1. The molecule has 1 atom stereocenters. The van der Waals surface area contributed by atoms with Gasteiger partial charge in [-0.3, -0.25) is 14.9 Å². The molecule has 0 bridgehead atoms. The molecule has 0 spiro atoms. The number of amides is 1. The zero-order chi connectivity index (χ0) is 21.8. The molecule has 0 radical (unpaired) electrons. The monoisotopic (exact) mass is 456 g/mol. The minimum atomic E-state index is -0.599. The predicted octanol–water partition coefficient (Wildman–Crippen LogP) is 5.49. The van der Waals surface area contributed by atoms with Crippen LogP contribution in [0.5, 0.6) is 11.5 Å². The van der Waals surface area contributed by atoms with Gasteiger partial charge in [-0.25, -0.2) is 0 Å². The summed E-state index contributed by atoms with van der Waals surface area (Å²) < 4.78 is 11.2. The Labute approximate surface area is 187 Å². The van der Waals surface area contributed by atoms with E-state index in [1.807, 2.05) is 48.5 Å². The van der Waals surface area contributed by atoms with E-state index in [1.165, 1.54) is 30.0 Å². The fourth-order valence-corrected chi connectivity index (χ4v) is 4.31. The number of fused-ring (bicyclic) bond motifs is 1.